The van der Waals surface area contributed by atoms with E-state index in [9.17, 15) is 18.5 Å². The van der Waals surface area contributed by atoms with Gasteiger partial charge in [0, 0.05) is 37.3 Å². The largest absolute Gasteiger partial charge is 0.360 e. The highest BCUT2D eigenvalue weighted by Crippen LogP contribution is 2.24. The summed E-state index contributed by atoms with van der Waals surface area (Å²) >= 11 is 5.91. The van der Waals surface area contributed by atoms with Crippen molar-refractivity contribution in [3.05, 3.63) is 40.6 Å². The number of halogens is 1. The Kier molecular flexibility index (Phi) is 6.00. The van der Waals surface area contributed by atoms with E-state index in [4.69, 9.17) is 16.1 Å². The molecule has 11 heteroatoms. The number of nitriles is 1. The van der Waals surface area contributed by atoms with Crippen LogP contribution in [0.15, 0.2) is 33.7 Å². The van der Waals surface area contributed by atoms with Crippen molar-refractivity contribution < 1.29 is 17.7 Å². The van der Waals surface area contributed by atoms with Gasteiger partial charge in [0.15, 0.2) is 5.82 Å². The number of amides is 1. The van der Waals surface area contributed by atoms with Crippen LogP contribution in [0.1, 0.15) is 11.3 Å². The minimum atomic E-state index is -3.85. The number of aryl methyl sites for hydroxylation is 1. The first-order valence-electron chi connectivity index (χ1n) is 8.45. The molecular weight excluding hydrogens is 406 g/mol. The third-order valence-corrected chi connectivity index (χ3v) is 6.45. The first-order valence-corrected chi connectivity index (χ1v) is 10.3. The highest BCUT2D eigenvalue weighted by atomic mass is 35.5. The number of hydrogen-bond acceptors (Lipinski definition) is 7. The van der Waals surface area contributed by atoms with E-state index in [0.717, 1.165) is 0 Å². The van der Waals surface area contributed by atoms with Gasteiger partial charge in [-0.05, 0) is 25.1 Å². The second-order valence-corrected chi connectivity index (χ2v) is 8.65. The van der Waals surface area contributed by atoms with Gasteiger partial charge in [0.2, 0.25) is 15.9 Å². The van der Waals surface area contributed by atoms with Crippen LogP contribution in [0.3, 0.4) is 0 Å². The fraction of sp³-hybridized carbons (Fsp3) is 0.353. The van der Waals surface area contributed by atoms with Crippen LogP contribution in [-0.4, -0.2) is 61.4 Å². The van der Waals surface area contributed by atoms with Gasteiger partial charge in [-0.1, -0.05) is 16.8 Å². The maximum atomic E-state index is 12.9. The van der Waals surface area contributed by atoms with E-state index in [1.165, 1.54) is 22.5 Å². The van der Waals surface area contributed by atoms with Gasteiger partial charge >= 0.3 is 0 Å². The van der Waals surface area contributed by atoms with Gasteiger partial charge < -0.3 is 9.84 Å². The molecule has 2 aromatic rings. The minimum Gasteiger partial charge on any atom is -0.360 e. The van der Waals surface area contributed by atoms with Crippen molar-refractivity contribution in [2.75, 3.05) is 38.0 Å². The summed E-state index contributed by atoms with van der Waals surface area (Å²) in [5.41, 5.74) is 0.0501. The lowest BCUT2D eigenvalue weighted by Crippen LogP contribution is -2.50. The van der Waals surface area contributed by atoms with Gasteiger partial charge in [-0.2, -0.15) is 9.57 Å². The molecule has 1 aliphatic heterocycles. The lowest BCUT2D eigenvalue weighted by Gasteiger charge is -2.33. The predicted molar refractivity (Wildman–Crippen MR) is 101 cm³/mol. The number of nitrogens with zero attached hydrogens (tertiary/aromatic N) is 4. The molecular formula is C17H18ClN5O4S. The Hall–Kier alpha value is -2.45. The van der Waals surface area contributed by atoms with Crippen LogP contribution in [0.2, 0.25) is 5.02 Å². The molecule has 1 N–H and O–H groups in total. The number of benzene rings is 1. The van der Waals surface area contributed by atoms with Crippen molar-refractivity contribution in [1.82, 2.24) is 14.4 Å². The Labute approximate surface area is 167 Å². The van der Waals surface area contributed by atoms with Gasteiger partial charge in [-0.3, -0.25) is 9.69 Å². The molecule has 1 aliphatic rings. The van der Waals surface area contributed by atoms with E-state index in [0.29, 0.717) is 24.7 Å². The summed E-state index contributed by atoms with van der Waals surface area (Å²) in [7, 11) is -3.85. The molecule has 1 aromatic carbocycles. The number of carbonyl (C=O) groups excluding carboxylic acids is 1. The second-order valence-electron chi connectivity index (χ2n) is 6.30. The van der Waals surface area contributed by atoms with Crippen LogP contribution in [0.25, 0.3) is 0 Å². The van der Waals surface area contributed by atoms with Crippen molar-refractivity contribution in [2.45, 2.75) is 11.8 Å². The lowest BCUT2D eigenvalue weighted by molar-refractivity contribution is -0.117. The first kappa shape index (κ1) is 20.3. The molecule has 0 atom stereocenters. The highest BCUT2D eigenvalue weighted by molar-refractivity contribution is 7.89. The molecule has 0 unspecified atom stereocenters. The van der Waals surface area contributed by atoms with E-state index < -0.39 is 10.0 Å². The van der Waals surface area contributed by atoms with Crippen molar-refractivity contribution in [3.63, 3.8) is 0 Å². The number of rotatable bonds is 5. The zero-order chi connectivity index (χ0) is 20.3. The van der Waals surface area contributed by atoms with Crippen LogP contribution in [0.4, 0.5) is 5.82 Å². The smallest absolute Gasteiger partial charge is 0.244 e. The molecule has 1 aromatic heterocycles. The standard InChI is InChI=1S/C17H18ClN5O4S/c1-12-8-16(21-27-12)20-17(24)11-22-4-6-23(7-5-22)28(25,26)15-9-14(18)3-2-13(15)10-19/h2-3,8-9H,4-7,11H2,1H3,(H,20,21,24). The molecule has 0 bridgehead atoms. The van der Waals surface area contributed by atoms with Gasteiger partial charge in [0.1, 0.15) is 16.7 Å². The highest BCUT2D eigenvalue weighted by Gasteiger charge is 2.31. The molecule has 0 aliphatic carbocycles. The Morgan fingerprint density at radius 3 is 2.64 bits per heavy atom. The Morgan fingerprint density at radius 2 is 2.04 bits per heavy atom. The maximum absolute atomic E-state index is 12.9. The van der Waals surface area contributed by atoms with Crippen molar-refractivity contribution >= 4 is 33.3 Å². The van der Waals surface area contributed by atoms with Crippen molar-refractivity contribution in [2.24, 2.45) is 0 Å². The van der Waals surface area contributed by atoms with Crippen molar-refractivity contribution in [3.8, 4) is 6.07 Å². The van der Waals surface area contributed by atoms with Crippen molar-refractivity contribution in [1.29, 1.82) is 5.26 Å². The van der Waals surface area contributed by atoms with Gasteiger partial charge in [-0.25, -0.2) is 8.42 Å². The Morgan fingerprint density at radius 1 is 1.32 bits per heavy atom. The molecule has 1 fully saturated rings. The molecule has 2 heterocycles. The molecule has 148 valence electrons. The molecule has 1 amide bonds. The van der Waals surface area contributed by atoms with E-state index in [-0.39, 0.29) is 41.0 Å². The molecule has 0 radical (unpaired) electrons. The first-order chi connectivity index (χ1) is 13.3. The summed E-state index contributed by atoms with van der Waals surface area (Å²) in [4.78, 5) is 13.8. The van der Waals surface area contributed by atoms with Gasteiger partial charge in [0.05, 0.1) is 12.1 Å². The van der Waals surface area contributed by atoms with Crippen LogP contribution in [0.5, 0.6) is 0 Å². The third kappa shape index (κ3) is 4.51. The average Bonchev–Trinajstić information content (AvgIpc) is 3.06. The number of nitrogens with one attached hydrogen (secondary N) is 1. The molecule has 0 spiro atoms. The van der Waals surface area contributed by atoms with Crippen LogP contribution in [-0.2, 0) is 14.8 Å². The topological polar surface area (TPSA) is 120 Å². The fourth-order valence-corrected chi connectivity index (χ4v) is 4.71. The molecule has 0 saturated carbocycles. The summed E-state index contributed by atoms with van der Waals surface area (Å²) in [6.45, 7) is 3.01. The fourth-order valence-electron chi connectivity index (χ4n) is 2.88. The van der Waals surface area contributed by atoms with E-state index >= 15 is 0 Å². The SMILES string of the molecule is Cc1cc(NC(=O)CN2CCN(S(=O)(=O)c3cc(Cl)ccc3C#N)CC2)no1. The number of aromatic nitrogens is 1. The zero-order valence-electron chi connectivity index (χ0n) is 15.1. The number of anilines is 1. The quantitative estimate of drug-likeness (QED) is 0.772. The molecule has 3 rings (SSSR count). The van der Waals surface area contributed by atoms with Gasteiger partial charge in [-0.15, -0.1) is 0 Å². The molecule has 28 heavy (non-hydrogen) atoms. The van der Waals surface area contributed by atoms with E-state index in [1.54, 1.807) is 13.0 Å². The maximum Gasteiger partial charge on any atom is 0.244 e. The summed E-state index contributed by atoms with van der Waals surface area (Å²) in [6.07, 6.45) is 0. The van der Waals surface area contributed by atoms with Gasteiger partial charge in [0.25, 0.3) is 0 Å². The molecule has 1 saturated heterocycles. The lowest BCUT2D eigenvalue weighted by atomic mass is 10.2. The normalized spacial score (nSPS) is 15.9. The van der Waals surface area contributed by atoms with E-state index in [2.05, 4.69) is 10.5 Å². The predicted octanol–water partition coefficient (Wildman–Crippen LogP) is 1.45. The summed E-state index contributed by atoms with van der Waals surface area (Å²) in [5, 5.41) is 15.8. The second kappa shape index (κ2) is 8.28. The summed E-state index contributed by atoms with van der Waals surface area (Å²) < 4.78 is 32.0. The number of hydrogen-bond donors (Lipinski definition) is 1. The monoisotopic (exact) mass is 423 g/mol. The number of sulfonamides is 1. The zero-order valence-corrected chi connectivity index (χ0v) is 16.6. The summed E-state index contributed by atoms with van der Waals surface area (Å²) in [5.74, 6) is 0.673. The Bertz CT molecular complexity index is 1020. The number of carbonyl (C=O) groups is 1. The third-order valence-electron chi connectivity index (χ3n) is 4.28. The summed E-state index contributed by atoms with van der Waals surface area (Å²) in [6, 6.07) is 7.65. The van der Waals surface area contributed by atoms with Crippen LogP contribution < -0.4 is 5.32 Å². The number of piperazine rings is 1. The minimum absolute atomic E-state index is 0.0501. The van der Waals surface area contributed by atoms with E-state index in [1.807, 2.05) is 11.0 Å². The molecule has 9 nitrogen and oxygen atoms in total. The Balaban J connectivity index is 1.61. The van der Waals surface area contributed by atoms with Crippen LogP contribution in [0, 0.1) is 18.3 Å². The average molecular weight is 424 g/mol. The van der Waals surface area contributed by atoms with Crippen LogP contribution >= 0.6 is 11.6 Å².